The normalized spacial score (nSPS) is 21.9. The van der Waals surface area contributed by atoms with Crippen molar-refractivity contribution in [2.24, 2.45) is 11.8 Å². The van der Waals surface area contributed by atoms with Gasteiger partial charge in [-0.15, -0.1) is 11.3 Å². The number of amides is 1. The van der Waals surface area contributed by atoms with Crippen LogP contribution in [0.4, 0.5) is 4.39 Å². The Hall–Kier alpha value is -1.95. The van der Waals surface area contributed by atoms with Gasteiger partial charge in [-0.1, -0.05) is 13.0 Å². The predicted octanol–water partition coefficient (Wildman–Crippen LogP) is 2.83. The first-order valence-corrected chi connectivity index (χ1v) is 7.48. The molecule has 1 amide bonds. The van der Waals surface area contributed by atoms with Gasteiger partial charge < -0.3 is 10.0 Å². The number of hydrogen-bond acceptors (Lipinski definition) is 3. The summed E-state index contributed by atoms with van der Waals surface area (Å²) in [6, 6.07) is 6.15. The first kappa shape index (κ1) is 14.0. The Bertz CT molecular complexity index is 727. The van der Waals surface area contributed by atoms with Crippen molar-refractivity contribution in [3.05, 3.63) is 35.0 Å². The van der Waals surface area contributed by atoms with Gasteiger partial charge in [-0.2, -0.15) is 0 Å². The Labute approximate surface area is 124 Å². The molecule has 1 saturated heterocycles. The molecular weight excluding hydrogens is 293 g/mol. The number of carbonyl (C=O) groups excluding carboxylic acids is 1. The Kier molecular flexibility index (Phi) is 3.41. The van der Waals surface area contributed by atoms with Crippen LogP contribution in [0.3, 0.4) is 0 Å². The smallest absolute Gasteiger partial charge is 0.308 e. The van der Waals surface area contributed by atoms with Crippen molar-refractivity contribution in [2.75, 3.05) is 13.1 Å². The highest BCUT2D eigenvalue weighted by Gasteiger charge is 2.37. The number of carboxylic acid groups (broad SMARTS) is 1. The summed E-state index contributed by atoms with van der Waals surface area (Å²) in [5.74, 6) is -1.94. The van der Waals surface area contributed by atoms with E-state index in [1.54, 1.807) is 17.0 Å². The number of rotatable bonds is 2. The van der Waals surface area contributed by atoms with Gasteiger partial charge in [-0.3, -0.25) is 9.59 Å². The Balaban J connectivity index is 1.86. The summed E-state index contributed by atoms with van der Waals surface area (Å²) in [4.78, 5) is 25.7. The molecular formula is C15H14FNO3S. The van der Waals surface area contributed by atoms with Crippen LogP contribution >= 0.6 is 11.3 Å². The van der Waals surface area contributed by atoms with E-state index in [0.29, 0.717) is 11.4 Å². The second-order valence-electron chi connectivity index (χ2n) is 5.42. The molecule has 1 aliphatic heterocycles. The summed E-state index contributed by atoms with van der Waals surface area (Å²) < 4.78 is 13.9. The Morgan fingerprint density at radius 3 is 2.76 bits per heavy atom. The van der Waals surface area contributed by atoms with E-state index in [4.69, 9.17) is 5.11 Å². The number of hydrogen-bond donors (Lipinski definition) is 1. The third kappa shape index (κ3) is 2.51. The van der Waals surface area contributed by atoms with Gasteiger partial charge in [-0.05, 0) is 29.5 Å². The van der Waals surface area contributed by atoms with E-state index in [-0.39, 0.29) is 24.2 Å². The average molecular weight is 307 g/mol. The molecule has 6 heteroatoms. The van der Waals surface area contributed by atoms with Gasteiger partial charge in [0.15, 0.2) is 0 Å². The van der Waals surface area contributed by atoms with E-state index in [1.807, 2.05) is 6.92 Å². The van der Waals surface area contributed by atoms with E-state index < -0.39 is 11.9 Å². The van der Waals surface area contributed by atoms with Crippen LogP contribution in [-0.4, -0.2) is 35.0 Å². The number of nitrogens with zero attached hydrogens (tertiary/aromatic N) is 1. The summed E-state index contributed by atoms with van der Waals surface area (Å²) >= 11 is 1.24. The average Bonchev–Trinajstić information content (AvgIpc) is 3.00. The molecule has 0 aliphatic carbocycles. The zero-order valence-electron chi connectivity index (χ0n) is 11.4. The summed E-state index contributed by atoms with van der Waals surface area (Å²) in [7, 11) is 0. The molecule has 2 aromatic rings. The lowest BCUT2D eigenvalue weighted by Crippen LogP contribution is -2.29. The number of carboxylic acids is 1. The van der Waals surface area contributed by atoms with Crippen molar-refractivity contribution in [1.29, 1.82) is 0 Å². The fourth-order valence-corrected chi connectivity index (χ4v) is 3.78. The quantitative estimate of drug-likeness (QED) is 0.928. The number of benzene rings is 1. The molecule has 0 unspecified atom stereocenters. The maximum absolute atomic E-state index is 13.2. The van der Waals surface area contributed by atoms with Crippen molar-refractivity contribution < 1.29 is 19.1 Å². The highest BCUT2D eigenvalue weighted by Crippen LogP contribution is 2.30. The fraction of sp³-hybridized carbons (Fsp3) is 0.333. The molecule has 0 bridgehead atoms. The molecule has 1 fully saturated rings. The first-order valence-electron chi connectivity index (χ1n) is 6.67. The molecule has 0 saturated carbocycles. The van der Waals surface area contributed by atoms with Gasteiger partial charge in [0.2, 0.25) is 0 Å². The number of aliphatic carboxylic acids is 1. The molecule has 2 atom stereocenters. The highest BCUT2D eigenvalue weighted by molar-refractivity contribution is 7.20. The van der Waals surface area contributed by atoms with E-state index in [9.17, 15) is 14.0 Å². The summed E-state index contributed by atoms with van der Waals surface area (Å²) in [6.07, 6.45) is 0. The lowest BCUT2D eigenvalue weighted by atomic mass is 9.99. The van der Waals surface area contributed by atoms with Gasteiger partial charge in [0.05, 0.1) is 10.8 Å². The molecule has 1 aromatic carbocycles. The monoisotopic (exact) mass is 307 g/mol. The Morgan fingerprint density at radius 2 is 2.10 bits per heavy atom. The molecule has 0 radical (unpaired) electrons. The van der Waals surface area contributed by atoms with Crippen molar-refractivity contribution in [3.63, 3.8) is 0 Å². The van der Waals surface area contributed by atoms with Crippen molar-refractivity contribution in [2.45, 2.75) is 6.92 Å². The largest absolute Gasteiger partial charge is 0.481 e. The van der Waals surface area contributed by atoms with Crippen LogP contribution < -0.4 is 0 Å². The molecule has 4 nitrogen and oxygen atoms in total. The molecule has 2 heterocycles. The topological polar surface area (TPSA) is 57.6 Å². The maximum Gasteiger partial charge on any atom is 0.308 e. The molecule has 3 rings (SSSR count). The van der Waals surface area contributed by atoms with E-state index in [0.717, 1.165) is 10.1 Å². The van der Waals surface area contributed by atoms with Gasteiger partial charge in [0, 0.05) is 17.8 Å². The summed E-state index contributed by atoms with van der Waals surface area (Å²) in [5.41, 5.74) is 0. The zero-order valence-corrected chi connectivity index (χ0v) is 12.2. The minimum absolute atomic E-state index is 0.0572. The number of fused-ring (bicyclic) bond motifs is 1. The second kappa shape index (κ2) is 5.11. The van der Waals surface area contributed by atoms with E-state index >= 15 is 0 Å². The Morgan fingerprint density at radius 1 is 1.33 bits per heavy atom. The van der Waals surface area contributed by atoms with Gasteiger partial charge in [0.1, 0.15) is 5.82 Å². The van der Waals surface area contributed by atoms with Crippen LogP contribution in [0.15, 0.2) is 24.3 Å². The minimum atomic E-state index is -0.865. The SMILES string of the molecule is C[C@@H]1CN(C(=O)c2cc3ccc(F)cc3s2)C[C@H]1C(=O)O. The second-order valence-corrected chi connectivity index (χ2v) is 6.51. The summed E-state index contributed by atoms with van der Waals surface area (Å²) in [5, 5.41) is 9.95. The minimum Gasteiger partial charge on any atom is -0.481 e. The lowest BCUT2D eigenvalue weighted by Gasteiger charge is -2.14. The van der Waals surface area contributed by atoms with Gasteiger partial charge in [-0.25, -0.2) is 4.39 Å². The van der Waals surface area contributed by atoms with Crippen LogP contribution in [0, 0.1) is 17.7 Å². The first-order chi connectivity index (χ1) is 9.95. The maximum atomic E-state index is 13.2. The molecule has 1 N–H and O–H groups in total. The zero-order chi connectivity index (χ0) is 15.1. The van der Waals surface area contributed by atoms with Crippen molar-refractivity contribution >= 4 is 33.3 Å². The van der Waals surface area contributed by atoms with Crippen LogP contribution in [0.5, 0.6) is 0 Å². The van der Waals surface area contributed by atoms with E-state index in [1.165, 1.54) is 23.5 Å². The third-order valence-electron chi connectivity index (χ3n) is 3.91. The van der Waals surface area contributed by atoms with Gasteiger partial charge in [0.25, 0.3) is 5.91 Å². The van der Waals surface area contributed by atoms with Gasteiger partial charge >= 0.3 is 5.97 Å². The number of carbonyl (C=O) groups is 2. The van der Waals surface area contributed by atoms with Crippen molar-refractivity contribution in [3.8, 4) is 0 Å². The van der Waals surface area contributed by atoms with Crippen LogP contribution in [0.25, 0.3) is 10.1 Å². The molecule has 1 aromatic heterocycles. The highest BCUT2D eigenvalue weighted by atomic mass is 32.1. The number of thiophene rings is 1. The van der Waals surface area contributed by atoms with Crippen LogP contribution in [-0.2, 0) is 4.79 Å². The molecule has 1 aliphatic rings. The molecule has 0 spiro atoms. The van der Waals surface area contributed by atoms with E-state index in [2.05, 4.69) is 0 Å². The van der Waals surface area contributed by atoms with Crippen LogP contribution in [0.2, 0.25) is 0 Å². The summed E-state index contributed by atoms with van der Waals surface area (Å²) in [6.45, 7) is 2.52. The van der Waals surface area contributed by atoms with Crippen molar-refractivity contribution in [1.82, 2.24) is 4.90 Å². The number of halogens is 1. The van der Waals surface area contributed by atoms with Crippen LogP contribution in [0.1, 0.15) is 16.6 Å². The fourth-order valence-electron chi connectivity index (χ4n) is 2.72. The molecule has 110 valence electrons. The standard InChI is InChI=1S/C15H14FNO3S/c1-8-6-17(7-11(8)15(19)20)14(18)13-4-9-2-3-10(16)5-12(9)21-13/h2-5,8,11H,6-7H2,1H3,(H,19,20)/t8-,11-/m1/s1. The lowest BCUT2D eigenvalue weighted by molar-refractivity contribution is -0.142. The molecule has 21 heavy (non-hydrogen) atoms. The number of likely N-dealkylation sites (tertiary alicyclic amines) is 1. The predicted molar refractivity (Wildman–Crippen MR) is 78.0 cm³/mol. The third-order valence-corrected chi connectivity index (χ3v) is 5.00.